The van der Waals surface area contributed by atoms with Crippen LogP contribution in [0.25, 0.3) is 93.8 Å². The van der Waals surface area contributed by atoms with Gasteiger partial charge in [-0.3, -0.25) is 4.79 Å². The topological polar surface area (TPSA) is 93.4 Å². The van der Waals surface area contributed by atoms with Gasteiger partial charge in [-0.05, 0) is 189 Å². The Morgan fingerprint density at radius 1 is 0.444 bits per heavy atom. The number of aromatic nitrogens is 2. The Morgan fingerprint density at radius 2 is 0.833 bits per heavy atom. The molecule has 12 heteroatoms. The molecule has 7 nitrogen and oxygen atoms in total. The number of para-hydroxylation sites is 2. The van der Waals surface area contributed by atoms with Crippen molar-refractivity contribution in [1.82, 2.24) is 9.13 Å². The second-order valence-electron chi connectivity index (χ2n) is 22.2. The zero-order valence-electron chi connectivity index (χ0n) is 51.2. The van der Waals surface area contributed by atoms with E-state index in [0.29, 0.717) is 0 Å². The van der Waals surface area contributed by atoms with Crippen LogP contribution in [0.4, 0.5) is 8.78 Å². The molecular formula is C78H58F2K2N2O5S. The van der Waals surface area contributed by atoms with Crippen molar-refractivity contribution in [3.63, 3.8) is 0 Å². The van der Waals surface area contributed by atoms with Crippen LogP contribution in [0.5, 0.6) is 0 Å². The third-order valence-electron chi connectivity index (χ3n) is 16.9. The van der Waals surface area contributed by atoms with E-state index in [1.54, 1.807) is 0 Å². The Kier molecular flexibility index (Phi) is 20.1. The van der Waals surface area contributed by atoms with E-state index in [4.69, 9.17) is 10.1 Å². The second kappa shape index (κ2) is 28.1. The van der Waals surface area contributed by atoms with E-state index in [1.165, 1.54) is 157 Å². The van der Waals surface area contributed by atoms with E-state index in [0.717, 1.165) is 43.5 Å². The summed E-state index contributed by atoms with van der Waals surface area (Å²) in [6, 6.07) is 89.6. The predicted octanol–water partition coefficient (Wildman–Crippen LogP) is 11.8. The molecule has 12 aromatic carbocycles. The predicted molar refractivity (Wildman–Crippen MR) is 349 cm³/mol. The molecule has 432 valence electrons. The first-order valence-electron chi connectivity index (χ1n) is 29.0. The largest absolute Gasteiger partial charge is 1.00 e. The quantitative estimate of drug-likeness (QED) is 0.0497. The Labute approximate surface area is 608 Å². The van der Waals surface area contributed by atoms with E-state index < -0.39 is 21.5 Å². The van der Waals surface area contributed by atoms with Crippen molar-refractivity contribution < 1.29 is 136 Å². The molecular weight excluding hydrogens is 1190 g/mol. The van der Waals surface area contributed by atoms with Crippen LogP contribution in [-0.2, 0) is 45.8 Å². The van der Waals surface area contributed by atoms with Crippen molar-refractivity contribution in [3.05, 3.63) is 317 Å². The second-order valence-corrected chi connectivity index (χ2v) is 24.2. The first-order valence-corrected chi connectivity index (χ1v) is 30.5. The molecule has 0 bridgehead atoms. The van der Waals surface area contributed by atoms with Gasteiger partial charge >= 0.3 is 103 Å². The van der Waals surface area contributed by atoms with Crippen molar-refractivity contribution >= 4 is 59.9 Å². The van der Waals surface area contributed by atoms with E-state index in [-0.39, 0.29) is 120 Å². The van der Waals surface area contributed by atoms with Gasteiger partial charge in [0.15, 0.2) is 0 Å². The zero-order valence-corrected chi connectivity index (χ0v) is 57.3. The van der Waals surface area contributed by atoms with Crippen LogP contribution in [0.2, 0.25) is 0 Å². The fraction of sp³-hybridized carbons (Fsp3) is 0.0641. The van der Waals surface area contributed by atoms with E-state index in [2.05, 4.69) is 246 Å². The molecule has 0 atom stereocenters. The van der Waals surface area contributed by atoms with Crippen LogP contribution in [0.15, 0.2) is 277 Å². The number of hydrogen-bond donors (Lipinski definition) is 0. The SMILES string of the molecule is Cc1ccc(Cc2ccc(-n3c4ccccc4c4ccc(-c5ccc6c7ccccc7n(C)c6c5)cc43)cc2)cc1.O=CO[O-].O=S(=O)(c1ccc(F)cc1)c1ccc(F)cc1.[H-].[K+].[K+].c1ccc2c(c1)Cc1cc(-c3ccc4c(c3)Cc3ccccc3-4)ccc1-2. The maximum atomic E-state index is 12.7. The molecule has 14 aromatic rings. The first-order chi connectivity index (χ1) is 42.9. The fourth-order valence-corrected chi connectivity index (χ4v) is 13.7. The summed E-state index contributed by atoms with van der Waals surface area (Å²) in [5, 5.41) is 13.6. The van der Waals surface area contributed by atoms with E-state index >= 15 is 0 Å². The molecule has 90 heavy (non-hydrogen) atoms. The van der Waals surface area contributed by atoms with Gasteiger partial charge in [0.2, 0.25) is 9.84 Å². The van der Waals surface area contributed by atoms with Crippen LogP contribution in [0, 0.1) is 18.6 Å². The van der Waals surface area contributed by atoms with Gasteiger partial charge in [0.25, 0.3) is 6.47 Å². The van der Waals surface area contributed by atoms with Gasteiger partial charge in [0, 0.05) is 45.3 Å². The average molecular weight is 1250 g/mol. The minimum Gasteiger partial charge on any atom is -1.00 e. The van der Waals surface area contributed by atoms with E-state index in [1.807, 2.05) is 0 Å². The molecule has 0 amide bonds. The Balaban J connectivity index is 0.000000156. The number of aryl methyl sites for hydroxylation is 2. The number of halogens is 2. The van der Waals surface area contributed by atoms with E-state index in [9.17, 15) is 17.2 Å². The van der Waals surface area contributed by atoms with Gasteiger partial charge in [0.1, 0.15) is 11.6 Å². The average Bonchev–Trinajstić information content (AvgIpc) is 1.62. The number of fused-ring (bicyclic) bond motifs is 12. The summed E-state index contributed by atoms with van der Waals surface area (Å²) in [4.78, 5) is 11.2. The molecule has 2 aromatic heterocycles. The fourth-order valence-electron chi connectivity index (χ4n) is 12.5. The van der Waals surface area contributed by atoms with Gasteiger partial charge < -0.3 is 20.7 Å². The van der Waals surface area contributed by atoms with Gasteiger partial charge in [-0.2, -0.15) is 0 Å². The van der Waals surface area contributed by atoms with Crippen LogP contribution in [-0.4, -0.2) is 24.0 Å². The van der Waals surface area contributed by atoms with Crippen molar-refractivity contribution in [1.29, 1.82) is 0 Å². The third kappa shape index (κ3) is 13.1. The Morgan fingerprint density at radius 3 is 1.34 bits per heavy atom. The minimum absolute atomic E-state index is 0. The van der Waals surface area contributed by atoms with Crippen LogP contribution >= 0.6 is 0 Å². The molecule has 0 saturated carbocycles. The zero-order chi connectivity index (χ0) is 60.5. The summed E-state index contributed by atoms with van der Waals surface area (Å²) in [6.45, 7) is 1.96. The molecule has 0 fully saturated rings. The normalized spacial score (nSPS) is 11.5. The molecule has 2 aliphatic rings. The van der Waals surface area contributed by atoms with Crippen molar-refractivity contribution in [2.75, 3.05) is 0 Å². The molecule has 16 rings (SSSR count). The smallest absolute Gasteiger partial charge is 1.00 e. The molecule has 0 N–H and O–H groups in total. The summed E-state index contributed by atoms with van der Waals surface area (Å²) >= 11 is 0. The number of hydrogen-bond acceptors (Lipinski definition) is 5. The molecule has 0 radical (unpaired) electrons. The third-order valence-corrected chi connectivity index (χ3v) is 18.6. The van der Waals surface area contributed by atoms with Crippen LogP contribution < -0.4 is 108 Å². The summed E-state index contributed by atoms with van der Waals surface area (Å²) in [5.74, 6) is -1.02. The number of sulfone groups is 1. The molecule has 0 spiro atoms. The minimum atomic E-state index is -3.71. The van der Waals surface area contributed by atoms with Gasteiger partial charge in [-0.15, -0.1) is 0 Å². The summed E-state index contributed by atoms with van der Waals surface area (Å²) in [7, 11) is -1.54. The Hall–Kier alpha value is -7.25. The summed E-state index contributed by atoms with van der Waals surface area (Å²) in [5.41, 5.74) is 26.6. The number of benzene rings is 12. The molecule has 2 aliphatic carbocycles. The van der Waals surface area contributed by atoms with Gasteiger partial charge in [-0.1, -0.05) is 188 Å². The van der Waals surface area contributed by atoms with Gasteiger partial charge in [0.05, 0.1) is 20.8 Å². The van der Waals surface area contributed by atoms with Gasteiger partial charge in [-0.25, -0.2) is 17.2 Å². The Bertz CT molecular complexity index is 4930. The van der Waals surface area contributed by atoms with Crippen LogP contribution in [0.1, 0.15) is 40.4 Å². The van der Waals surface area contributed by atoms with Crippen molar-refractivity contribution in [2.45, 2.75) is 36.0 Å². The summed E-state index contributed by atoms with van der Waals surface area (Å²) < 4.78 is 54.1. The summed E-state index contributed by atoms with van der Waals surface area (Å²) in [6.07, 6.45) is 3.04. The number of rotatable bonds is 8. The molecule has 2 heterocycles. The number of carbonyl (C=O) groups excluding carboxylic acids is 1. The number of nitrogens with zero attached hydrogens (tertiary/aromatic N) is 2. The standard InChI is InChI=1S/C39H30N2.C26H18.C12H8F2O2S.CH2O3.2K.H/c1-26-11-13-27(14-12-26)23-28-15-19-31(20-16-28)41-37-10-6-4-8-33(37)35-22-18-30(25-39(35)41)29-17-21-34-32-7-3-5-9-36(32)40(2)38(34)24-29;1-3-7-23-19(5-1)15-21-13-17(9-11-25(21)23)18-10-12-26-22(14-18)16-20-6-2-4-8-24(20)26;13-9-1-5-11(6-2-9)17(15,16)12-7-3-10(14)4-8-12;2-1-4-3;;;/h3-22,24-25H,23H2,1-2H3;1-14H,15-16H2;1-8H;1,3H;;;/q;;;;2*+1;-1/p-1. The monoisotopic (exact) mass is 1250 g/mol. The first kappa shape index (κ1) is 64.3. The molecule has 0 saturated heterocycles. The van der Waals surface area contributed by atoms with Crippen molar-refractivity contribution in [2.24, 2.45) is 7.05 Å². The molecule has 0 aliphatic heterocycles. The number of carbonyl (C=O) groups is 1. The maximum absolute atomic E-state index is 12.7. The molecule has 0 unspecified atom stereocenters. The van der Waals surface area contributed by atoms with Crippen LogP contribution in [0.3, 0.4) is 0 Å². The van der Waals surface area contributed by atoms with Crippen molar-refractivity contribution in [3.8, 4) is 50.2 Å². The maximum Gasteiger partial charge on any atom is 1.00 e.